The molecule has 4 nitrogen and oxygen atoms in total. The van der Waals surface area contributed by atoms with Gasteiger partial charge in [-0.15, -0.1) is 0 Å². The van der Waals surface area contributed by atoms with Crippen molar-refractivity contribution in [3.8, 4) is 5.75 Å². The van der Waals surface area contributed by atoms with Crippen LogP contribution in [-0.2, 0) is 9.22 Å². The van der Waals surface area contributed by atoms with Crippen LogP contribution in [0.1, 0.15) is 22.8 Å². The molecule has 0 unspecified atom stereocenters. The van der Waals surface area contributed by atoms with Crippen LogP contribution in [0.4, 0.5) is 0 Å². The molecule has 1 aromatic carbocycles. The van der Waals surface area contributed by atoms with Gasteiger partial charge in [-0.1, -0.05) is 6.07 Å². The normalized spacial score (nSPS) is 10.9. The maximum atomic E-state index is 12.0. The summed E-state index contributed by atoms with van der Waals surface area (Å²) >= 11 is 0. The van der Waals surface area contributed by atoms with E-state index in [0.29, 0.717) is 5.56 Å². The molecule has 98 valence electrons. The molecule has 0 saturated heterocycles. The summed E-state index contributed by atoms with van der Waals surface area (Å²) in [6, 6.07) is 5.06. The molecule has 5 heteroatoms. The summed E-state index contributed by atoms with van der Waals surface area (Å²) in [7, 11) is -1.97. The van der Waals surface area contributed by atoms with E-state index in [4.69, 9.17) is 9.16 Å². The maximum absolute atomic E-state index is 12.0. The molecule has 0 atom stereocenters. The minimum atomic E-state index is -1.97. The first-order valence-corrected chi connectivity index (χ1v) is 9.12. The van der Waals surface area contributed by atoms with E-state index in [0.717, 1.165) is 5.56 Å². The van der Waals surface area contributed by atoms with Crippen molar-refractivity contribution in [2.75, 3.05) is 0 Å². The van der Waals surface area contributed by atoms with Crippen LogP contribution in [0.2, 0.25) is 19.6 Å². The molecule has 0 radical (unpaired) electrons. The Hall–Kier alpha value is -1.62. The number of hydrogen-bond donors (Lipinski definition) is 0. The van der Waals surface area contributed by atoms with Crippen molar-refractivity contribution >= 4 is 20.3 Å². The zero-order chi connectivity index (χ0) is 13.9. The number of ether oxygens (including phenoxy) is 1. The Morgan fingerprint density at radius 2 is 1.78 bits per heavy atom. The maximum Gasteiger partial charge on any atom is 0.328 e. The van der Waals surface area contributed by atoms with Gasteiger partial charge in [-0.3, -0.25) is 4.79 Å². The van der Waals surface area contributed by atoms with Crippen molar-refractivity contribution in [1.82, 2.24) is 0 Å². The van der Waals surface area contributed by atoms with Gasteiger partial charge < -0.3 is 9.16 Å². The quantitative estimate of drug-likeness (QED) is 0.479. The molecule has 0 aliphatic heterocycles. The Kier molecular flexibility index (Phi) is 4.29. The summed E-state index contributed by atoms with van der Waals surface area (Å²) in [5.41, 5.74) is 1.20. The topological polar surface area (TPSA) is 52.6 Å². The number of rotatable bonds is 3. The van der Waals surface area contributed by atoms with Crippen LogP contribution in [0.15, 0.2) is 18.2 Å². The SMILES string of the molecule is CC(=O)Oc1cc(C)ccc1C(=O)O[Si](C)(C)C. The first-order valence-electron chi connectivity index (χ1n) is 5.71. The molecule has 1 aromatic rings. The van der Waals surface area contributed by atoms with E-state index in [-0.39, 0.29) is 5.75 Å². The third kappa shape index (κ3) is 4.33. The smallest absolute Gasteiger partial charge is 0.328 e. The highest BCUT2D eigenvalue weighted by Gasteiger charge is 2.23. The zero-order valence-corrected chi connectivity index (χ0v) is 12.4. The molecular formula is C13H18O4Si. The Morgan fingerprint density at radius 3 is 2.28 bits per heavy atom. The molecule has 0 N–H and O–H groups in total. The molecule has 1 rings (SSSR count). The Morgan fingerprint density at radius 1 is 1.17 bits per heavy atom. The molecule has 0 spiro atoms. The second-order valence-corrected chi connectivity index (χ2v) is 9.52. The van der Waals surface area contributed by atoms with Gasteiger partial charge in [-0.2, -0.15) is 0 Å². The summed E-state index contributed by atoms with van der Waals surface area (Å²) in [6.45, 7) is 8.93. The van der Waals surface area contributed by atoms with Gasteiger partial charge in [-0.25, -0.2) is 4.79 Å². The van der Waals surface area contributed by atoms with Gasteiger partial charge in [0.15, 0.2) is 0 Å². The minimum absolute atomic E-state index is 0.255. The van der Waals surface area contributed by atoms with E-state index in [1.807, 2.05) is 26.6 Å². The lowest BCUT2D eigenvalue weighted by Gasteiger charge is -2.18. The first kappa shape index (κ1) is 14.4. The molecule has 0 aliphatic rings. The fraction of sp³-hybridized carbons (Fsp3) is 0.385. The lowest BCUT2D eigenvalue weighted by molar-refractivity contribution is -0.131. The van der Waals surface area contributed by atoms with Crippen molar-refractivity contribution < 1.29 is 18.8 Å². The number of hydrogen-bond acceptors (Lipinski definition) is 4. The molecular weight excluding hydrogens is 248 g/mol. The Labute approximate surface area is 108 Å². The van der Waals surface area contributed by atoms with Crippen LogP contribution < -0.4 is 4.74 Å². The molecule has 0 amide bonds. The Bertz CT molecular complexity index is 474. The van der Waals surface area contributed by atoms with Gasteiger partial charge in [0.2, 0.25) is 8.32 Å². The van der Waals surface area contributed by atoms with E-state index in [1.165, 1.54) is 6.92 Å². The van der Waals surface area contributed by atoms with Crippen molar-refractivity contribution in [2.45, 2.75) is 33.5 Å². The highest BCUT2D eigenvalue weighted by molar-refractivity contribution is 6.71. The van der Waals surface area contributed by atoms with Crippen LogP contribution >= 0.6 is 0 Å². The van der Waals surface area contributed by atoms with E-state index in [9.17, 15) is 9.59 Å². The average molecular weight is 266 g/mol. The summed E-state index contributed by atoms with van der Waals surface area (Å²) < 4.78 is 10.4. The highest BCUT2D eigenvalue weighted by atomic mass is 28.4. The Balaban J connectivity index is 3.07. The van der Waals surface area contributed by atoms with Crippen LogP contribution in [0.5, 0.6) is 5.75 Å². The largest absolute Gasteiger partial charge is 0.516 e. The van der Waals surface area contributed by atoms with Gasteiger partial charge in [0, 0.05) is 6.92 Å². The monoisotopic (exact) mass is 266 g/mol. The molecule has 0 bridgehead atoms. The van der Waals surface area contributed by atoms with E-state index >= 15 is 0 Å². The molecule has 0 saturated carbocycles. The average Bonchev–Trinajstić information content (AvgIpc) is 2.13. The van der Waals surface area contributed by atoms with Gasteiger partial charge in [-0.05, 0) is 44.3 Å². The molecule has 0 fully saturated rings. The highest BCUT2D eigenvalue weighted by Crippen LogP contribution is 2.22. The molecule has 0 aliphatic carbocycles. The fourth-order valence-corrected chi connectivity index (χ4v) is 2.04. The molecule has 0 heterocycles. The summed E-state index contributed by atoms with van der Waals surface area (Å²) in [4.78, 5) is 23.0. The first-order chi connectivity index (χ1) is 8.19. The van der Waals surface area contributed by atoms with Gasteiger partial charge in [0.25, 0.3) is 0 Å². The predicted octanol–water partition coefficient (Wildman–Crippen LogP) is 2.91. The van der Waals surface area contributed by atoms with Crippen molar-refractivity contribution in [1.29, 1.82) is 0 Å². The minimum Gasteiger partial charge on any atom is -0.516 e. The van der Waals surface area contributed by atoms with Crippen LogP contribution in [-0.4, -0.2) is 20.3 Å². The number of benzene rings is 1. The third-order valence-electron chi connectivity index (χ3n) is 2.01. The second-order valence-electron chi connectivity index (χ2n) is 5.10. The van der Waals surface area contributed by atoms with Crippen LogP contribution in [0.3, 0.4) is 0 Å². The summed E-state index contributed by atoms with van der Waals surface area (Å²) in [5.74, 6) is -0.640. The van der Waals surface area contributed by atoms with Gasteiger partial charge in [0.1, 0.15) is 11.3 Å². The van der Waals surface area contributed by atoms with Crippen molar-refractivity contribution in [3.63, 3.8) is 0 Å². The number of esters is 1. The van der Waals surface area contributed by atoms with Gasteiger partial charge >= 0.3 is 11.9 Å². The number of aryl methyl sites for hydroxylation is 1. The van der Waals surface area contributed by atoms with E-state index in [2.05, 4.69) is 0 Å². The van der Waals surface area contributed by atoms with Crippen molar-refractivity contribution in [2.24, 2.45) is 0 Å². The molecule has 0 aromatic heterocycles. The van der Waals surface area contributed by atoms with Crippen LogP contribution in [0.25, 0.3) is 0 Å². The lowest BCUT2D eigenvalue weighted by Crippen LogP contribution is -2.29. The van der Waals surface area contributed by atoms with Crippen LogP contribution in [0, 0.1) is 6.92 Å². The second kappa shape index (κ2) is 5.35. The lowest BCUT2D eigenvalue weighted by atomic mass is 10.1. The van der Waals surface area contributed by atoms with E-state index < -0.39 is 20.3 Å². The summed E-state index contributed by atoms with van der Waals surface area (Å²) in [5, 5.41) is 0. The number of carbonyl (C=O) groups excluding carboxylic acids is 2. The van der Waals surface area contributed by atoms with Gasteiger partial charge in [0.05, 0.1) is 0 Å². The summed E-state index contributed by atoms with van der Waals surface area (Å²) in [6.07, 6.45) is 0. The standard InChI is InChI=1S/C13H18O4Si/c1-9-6-7-11(12(8-9)16-10(2)14)13(15)17-18(3,4)5/h6-8H,1-5H3. The third-order valence-corrected chi connectivity index (χ3v) is 2.81. The number of carbonyl (C=O) groups is 2. The zero-order valence-electron chi connectivity index (χ0n) is 11.4. The van der Waals surface area contributed by atoms with E-state index in [1.54, 1.807) is 18.2 Å². The molecule has 18 heavy (non-hydrogen) atoms. The van der Waals surface area contributed by atoms with Crippen molar-refractivity contribution in [3.05, 3.63) is 29.3 Å². The predicted molar refractivity (Wildman–Crippen MR) is 71.2 cm³/mol. The fourth-order valence-electron chi connectivity index (χ4n) is 1.37.